The second-order valence-electron chi connectivity index (χ2n) is 6.42. The summed E-state index contributed by atoms with van der Waals surface area (Å²) in [4.78, 5) is 24.2. The summed E-state index contributed by atoms with van der Waals surface area (Å²) in [6.45, 7) is -0.423. The molecule has 3 aromatic rings. The van der Waals surface area contributed by atoms with E-state index in [1.54, 1.807) is 18.2 Å². The zero-order valence-corrected chi connectivity index (χ0v) is 16.0. The van der Waals surface area contributed by atoms with Crippen LogP contribution < -0.4 is 5.32 Å². The molecule has 0 atom stereocenters. The monoisotopic (exact) mass is 397 g/mol. The maximum Gasteiger partial charge on any atom is 0.338 e. The molecule has 1 amide bonds. The van der Waals surface area contributed by atoms with E-state index in [0.29, 0.717) is 11.3 Å². The first-order chi connectivity index (χ1) is 13.3. The molecule has 0 aliphatic rings. The highest BCUT2D eigenvalue weighted by molar-refractivity contribution is 7.89. The van der Waals surface area contributed by atoms with E-state index in [1.807, 2.05) is 36.4 Å². The van der Waals surface area contributed by atoms with Gasteiger partial charge >= 0.3 is 5.97 Å². The number of benzene rings is 3. The van der Waals surface area contributed by atoms with Crippen molar-refractivity contribution in [1.82, 2.24) is 0 Å². The molecule has 3 rings (SSSR count). The standard InChI is InChI=1S/C21H19NO5S/c1-28(25,26)14-15-9-11-17(12-10-15)21(24)27-13-20(23)22-19-8-4-6-16-5-2-3-7-18(16)19/h2-12H,13-14H2,1H3,(H,22,23). The van der Waals surface area contributed by atoms with Crippen molar-refractivity contribution in [2.75, 3.05) is 18.2 Å². The first kappa shape index (κ1) is 19.6. The third-order valence-corrected chi connectivity index (χ3v) is 4.87. The molecule has 144 valence electrons. The lowest BCUT2D eigenvalue weighted by molar-refractivity contribution is -0.119. The van der Waals surface area contributed by atoms with E-state index in [9.17, 15) is 18.0 Å². The summed E-state index contributed by atoms with van der Waals surface area (Å²) in [5.41, 5.74) is 1.47. The Balaban J connectivity index is 1.59. The van der Waals surface area contributed by atoms with Gasteiger partial charge in [-0.1, -0.05) is 48.5 Å². The number of esters is 1. The molecule has 0 heterocycles. The van der Waals surface area contributed by atoms with Gasteiger partial charge in [-0.05, 0) is 29.1 Å². The van der Waals surface area contributed by atoms with Gasteiger partial charge in [-0.15, -0.1) is 0 Å². The number of anilines is 1. The zero-order chi connectivity index (χ0) is 20.1. The highest BCUT2D eigenvalue weighted by Gasteiger charge is 2.12. The van der Waals surface area contributed by atoms with Crippen molar-refractivity contribution in [3.63, 3.8) is 0 Å². The molecule has 7 heteroatoms. The molecule has 0 aliphatic carbocycles. The van der Waals surface area contributed by atoms with Gasteiger partial charge in [0.2, 0.25) is 0 Å². The van der Waals surface area contributed by atoms with Crippen LogP contribution >= 0.6 is 0 Å². The van der Waals surface area contributed by atoms with Crippen LogP contribution in [0.3, 0.4) is 0 Å². The molecule has 3 aromatic carbocycles. The lowest BCUT2D eigenvalue weighted by Crippen LogP contribution is -2.21. The Bertz CT molecular complexity index is 1120. The number of sulfone groups is 1. The van der Waals surface area contributed by atoms with E-state index < -0.39 is 28.3 Å². The van der Waals surface area contributed by atoms with Crippen molar-refractivity contribution < 1.29 is 22.7 Å². The quantitative estimate of drug-likeness (QED) is 0.645. The first-order valence-corrected chi connectivity index (χ1v) is 10.6. The van der Waals surface area contributed by atoms with Crippen LogP contribution in [0.5, 0.6) is 0 Å². The van der Waals surface area contributed by atoms with Crippen molar-refractivity contribution in [1.29, 1.82) is 0 Å². The minimum atomic E-state index is -3.15. The van der Waals surface area contributed by atoms with Gasteiger partial charge < -0.3 is 10.1 Å². The summed E-state index contributed by atoms with van der Waals surface area (Å²) in [6, 6.07) is 19.2. The Labute approximate surface area is 163 Å². The third kappa shape index (κ3) is 5.17. The van der Waals surface area contributed by atoms with Crippen LogP contribution in [0, 0.1) is 0 Å². The second-order valence-corrected chi connectivity index (χ2v) is 8.56. The average molecular weight is 397 g/mol. The van der Waals surface area contributed by atoms with E-state index in [0.717, 1.165) is 17.0 Å². The molecule has 0 aliphatic heterocycles. The van der Waals surface area contributed by atoms with Crippen LogP contribution in [-0.2, 0) is 25.1 Å². The Morgan fingerprint density at radius 2 is 1.61 bits per heavy atom. The molecule has 0 saturated carbocycles. The molecule has 0 spiro atoms. The predicted octanol–water partition coefficient (Wildman–Crippen LogP) is 3.18. The molecular weight excluding hydrogens is 378 g/mol. The smallest absolute Gasteiger partial charge is 0.338 e. The molecule has 6 nitrogen and oxygen atoms in total. The molecule has 0 radical (unpaired) electrons. The van der Waals surface area contributed by atoms with E-state index >= 15 is 0 Å². The summed E-state index contributed by atoms with van der Waals surface area (Å²) in [6.07, 6.45) is 1.14. The van der Waals surface area contributed by atoms with Gasteiger partial charge in [-0.2, -0.15) is 0 Å². The fraction of sp³-hybridized carbons (Fsp3) is 0.143. The van der Waals surface area contributed by atoms with Gasteiger partial charge in [0.1, 0.15) is 0 Å². The summed E-state index contributed by atoms with van der Waals surface area (Å²) in [7, 11) is -3.15. The number of carbonyl (C=O) groups is 2. The molecule has 0 unspecified atom stereocenters. The molecule has 1 N–H and O–H groups in total. The molecule has 28 heavy (non-hydrogen) atoms. The number of rotatable bonds is 6. The summed E-state index contributed by atoms with van der Waals surface area (Å²) in [5, 5.41) is 4.63. The van der Waals surface area contributed by atoms with Crippen molar-refractivity contribution in [2.24, 2.45) is 0 Å². The average Bonchev–Trinajstić information content (AvgIpc) is 2.66. The number of carbonyl (C=O) groups excluding carboxylic acids is 2. The van der Waals surface area contributed by atoms with E-state index in [1.165, 1.54) is 12.1 Å². The van der Waals surface area contributed by atoms with Crippen molar-refractivity contribution in [3.8, 4) is 0 Å². The predicted molar refractivity (Wildman–Crippen MR) is 108 cm³/mol. The fourth-order valence-corrected chi connectivity index (χ4v) is 3.57. The number of ether oxygens (including phenoxy) is 1. The van der Waals surface area contributed by atoms with Crippen LogP contribution in [0.4, 0.5) is 5.69 Å². The van der Waals surface area contributed by atoms with Crippen LogP contribution in [0.25, 0.3) is 10.8 Å². The van der Waals surface area contributed by atoms with Crippen LogP contribution in [-0.4, -0.2) is 33.2 Å². The van der Waals surface area contributed by atoms with E-state index in [-0.39, 0.29) is 11.3 Å². The van der Waals surface area contributed by atoms with Crippen LogP contribution in [0.15, 0.2) is 66.7 Å². The van der Waals surface area contributed by atoms with E-state index in [2.05, 4.69) is 5.32 Å². The van der Waals surface area contributed by atoms with Crippen molar-refractivity contribution >= 4 is 38.2 Å². The molecule has 0 fully saturated rings. The van der Waals surface area contributed by atoms with Gasteiger partial charge in [0.05, 0.1) is 11.3 Å². The number of nitrogens with one attached hydrogen (secondary N) is 1. The Morgan fingerprint density at radius 3 is 2.32 bits per heavy atom. The van der Waals surface area contributed by atoms with Crippen LogP contribution in [0.1, 0.15) is 15.9 Å². The summed E-state index contributed by atoms with van der Waals surface area (Å²) >= 11 is 0. The highest BCUT2D eigenvalue weighted by Crippen LogP contribution is 2.22. The lowest BCUT2D eigenvalue weighted by Gasteiger charge is -2.09. The SMILES string of the molecule is CS(=O)(=O)Cc1ccc(C(=O)OCC(=O)Nc2cccc3ccccc23)cc1. The maximum absolute atomic E-state index is 12.1. The molecule has 0 bridgehead atoms. The summed E-state index contributed by atoms with van der Waals surface area (Å²) < 4.78 is 27.6. The van der Waals surface area contributed by atoms with E-state index in [4.69, 9.17) is 4.74 Å². The van der Waals surface area contributed by atoms with Gasteiger partial charge in [0.15, 0.2) is 16.4 Å². The number of fused-ring (bicyclic) bond motifs is 1. The van der Waals surface area contributed by atoms with Crippen molar-refractivity contribution in [2.45, 2.75) is 5.75 Å². The second kappa shape index (κ2) is 8.22. The molecule has 0 saturated heterocycles. The summed E-state index contributed by atoms with van der Waals surface area (Å²) in [5.74, 6) is -1.20. The number of hydrogen-bond donors (Lipinski definition) is 1. The lowest BCUT2D eigenvalue weighted by atomic mass is 10.1. The first-order valence-electron chi connectivity index (χ1n) is 8.53. The number of amides is 1. The Kier molecular flexibility index (Phi) is 5.75. The normalized spacial score (nSPS) is 11.2. The fourth-order valence-electron chi connectivity index (χ4n) is 2.77. The van der Waals surface area contributed by atoms with Crippen molar-refractivity contribution in [3.05, 3.63) is 77.9 Å². The minimum absolute atomic E-state index is 0.101. The zero-order valence-electron chi connectivity index (χ0n) is 15.2. The van der Waals surface area contributed by atoms with Gasteiger partial charge in [0.25, 0.3) is 5.91 Å². The third-order valence-electron chi connectivity index (χ3n) is 4.02. The topological polar surface area (TPSA) is 89.5 Å². The van der Waals surface area contributed by atoms with Gasteiger partial charge in [0, 0.05) is 17.3 Å². The highest BCUT2D eigenvalue weighted by atomic mass is 32.2. The van der Waals surface area contributed by atoms with Gasteiger partial charge in [-0.3, -0.25) is 4.79 Å². The Hall–Kier alpha value is -3.19. The largest absolute Gasteiger partial charge is 0.452 e. The minimum Gasteiger partial charge on any atom is -0.452 e. The number of hydrogen-bond acceptors (Lipinski definition) is 5. The van der Waals surface area contributed by atoms with Crippen LogP contribution in [0.2, 0.25) is 0 Å². The maximum atomic E-state index is 12.1. The molecule has 0 aromatic heterocycles. The molecular formula is C21H19NO5S. The Morgan fingerprint density at radius 1 is 0.929 bits per heavy atom. The van der Waals surface area contributed by atoms with Gasteiger partial charge in [-0.25, -0.2) is 13.2 Å².